The minimum Gasteiger partial charge on any atom is -0.207 e. The number of benzene rings is 2. The van der Waals surface area contributed by atoms with Crippen molar-refractivity contribution < 1.29 is 22.0 Å². The fraction of sp³-hybridized carbons (Fsp3) is 0.429. The first kappa shape index (κ1) is 18.9. The molecule has 1 aliphatic carbocycles. The van der Waals surface area contributed by atoms with E-state index >= 15 is 0 Å². The fourth-order valence-corrected chi connectivity index (χ4v) is 3.85. The predicted molar refractivity (Wildman–Crippen MR) is 90.5 cm³/mol. The Labute approximate surface area is 150 Å². The van der Waals surface area contributed by atoms with Crippen molar-refractivity contribution in [3.8, 4) is 0 Å². The summed E-state index contributed by atoms with van der Waals surface area (Å²) in [6.07, 6.45) is 4.71. The maximum Gasteiger partial charge on any atom is 0.194 e. The van der Waals surface area contributed by atoms with E-state index in [1.54, 1.807) is 0 Å². The van der Waals surface area contributed by atoms with E-state index in [1.165, 1.54) is 12.1 Å². The Morgan fingerprint density at radius 3 is 1.81 bits per heavy atom. The first-order chi connectivity index (χ1) is 12.4. The van der Waals surface area contributed by atoms with Crippen LogP contribution in [0.25, 0.3) is 0 Å². The van der Waals surface area contributed by atoms with Gasteiger partial charge in [0.25, 0.3) is 0 Å². The lowest BCUT2D eigenvalue weighted by Gasteiger charge is -2.28. The Hall–Kier alpha value is -1.91. The van der Waals surface area contributed by atoms with E-state index in [4.69, 9.17) is 0 Å². The van der Waals surface area contributed by atoms with Crippen molar-refractivity contribution in [2.45, 2.75) is 51.4 Å². The minimum absolute atomic E-state index is 0.0181. The first-order valence-electron chi connectivity index (χ1n) is 9.00. The molecule has 2 aromatic rings. The van der Waals surface area contributed by atoms with Crippen LogP contribution >= 0.6 is 0 Å². The molecule has 0 nitrogen and oxygen atoms in total. The number of hydrogen-bond acceptors (Lipinski definition) is 0. The molecule has 2 aromatic carbocycles. The van der Waals surface area contributed by atoms with Crippen LogP contribution in [0.3, 0.4) is 0 Å². The third kappa shape index (κ3) is 3.92. The quantitative estimate of drug-likeness (QED) is 0.418. The Bertz CT molecular complexity index is 745. The zero-order chi connectivity index (χ0) is 18.8. The van der Waals surface area contributed by atoms with E-state index in [9.17, 15) is 22.0 Å². The average molecular weight is 368 g/mol. The van der Waals surface area contributed by atoms with Crippen molar-refractivity contribution in [2.24, 2.45) is 5.92 Å². The fourth-order valence-electron chi connectivity index (χ4n) is 3.85. The molecule has 0 bridgehead atoms. The van der Waals surface area contributed by atoms with Gasteiger partial charge in [-0.15, -0.1) is 0 Å². The molecule has 0 spiro atoms. The molecule has 0 unspecified atom stereocenters. The second-order valence-electron chi connectivity index (χ2n) is 7.14. The van der Waals surface area contributed by atoms with E-state index in [1.807, 2.05) is 0 Å². The number of hydrogen-bond donors (Lipinski definition) is 0. The van der Waals surface area contributed by atoms with Crippen molar-refractivity contribution in [2.75, 3.05) is 0 Å². The summed E-state index contributed by atoms with van der Waals surface area (Å²) >= 11 is 0. The van der Waals surface area contributed by atoms with Crippen molar-refractivity contribution in [3.05, 3.63) is 70.0 Å². The lowest BCUT2D eigenvalue weighted by molar-refractivity contribution is 0.317. The van der Waals surface area contributed by atoms with E-state index in [0.717, 1.165) is 44.2 Å². The molecule has 0 radical (unpaired) electrons. The van der Waals surface area contributed by atoms with Gasteiger partial charge in [0.05, 0.1) is 0 Å². The zero-order valence-corrected chi connectivity index (χ0v) is 14.6. The summed E-state index contributed by atoms with van der Waals surface area (Å²) in [6, 6.07) is 4.17. The third-order valence-electron chi connectivity index (χ3n) is 5.48. The second-order valence-corrected chi connectivity index (χ2v) is 7.14. The summed E-state index contributed by atoms with van der Waals surface area (Å²) in [5.74, 6) is -4.98. The highest BCUT2D eigenvalue weighted by atomic mass is 19.2. The number of rotatable bonds is 4. The van der Waals surface area contributed by atoms with Gasteiger partial charge in [0.1, 0.15) is 11.6 Å². The molecule has 0 aliphatic heterocycles. The Morgan fingerprint density at radius 2 is 1.31 bits per heavy atom. The monoisotopic (exact) mass is 368 g/mol. The molecule has 0 amide bonds. The van der Waals surface area contributed by atoms with Gasteiger partial charge >= 0.3 is 0 Å². The Kier molecular flexibility index (Phi) is 5.64. The minimum atomic E-state index is -1.59. The van der Waals surface area contributed by atoms with Crippen LogP contribution in [-0.2, 0) is 6.42 Å². The van der Waals surface area contributed by atoms with Gasteiger partial charge < -0.3 is 0 Å². The molecular weight excluding hydrogens is 347 g/mol. The average Bonchev–Trinajstić information content (AvgIpc) is 2.62. The molecule has 0 aromatic heterocycles. The molecule has 0 N–H and O–H groups in total. The largest absolute Gasteiger partial charge is 0.207 e. The summed E-state index contributed by atoms with van der Waals surface area (Å²) in [4.78, 5) is 0. The molecule has 1 fully saturated rings. The molecule has 1 aliphatic rings. The van der Waals surface area contributed by atoms with Crippen molar-refractivity contribution in [1.29, 1.82) is 0 Å². The topological polar surface area (TPSA) is 0 Å². The van der Waals surface area contributed by atoms with Crippen LogP contribution in [0.1, 0.15) is 61.6 Å². The van der Waals surface area contributed by atoms with Crippen LogP contribution < -0.4 is 0 Å². The molecule has 26 heavy (non-hydrogen) atoms. The molecule has 0 heterocycles. The lowest BCUT2D eigenvalue weighted by Crippen LogP contribution is -2.13. The highest BCUT2D eigenvalue weighted by Gasteiger charge is 2.23. The molecule has 5 heteroatoms. The van der Waals surface area contributed by atoms with Crippen molar-refractivity contribution in [1.82, 2.24) is 0 Å². The van der Waals surface area contributed by atoms with E-state index in [-0.39, 0.29) is 23.5 Å². The molecule has 0 atom stereocenters. The summed E-state index contributed by atoms with van der Waals surface area (Å²) in [5, 5.41) is 0. The smallest absolute Gasteiger partial charge is 0.194 e. The van der Waals surface area contributed by atoms with Crippen LogP contribution in [0.15, 0.2) is 24.3 Å². The van der Waals surface area contributed by atoms with Crippen LogP contribution in [0, 0.1) is 35.0 Å². The standard InChI is InChI=1S/C21H21F5/c1-2-12-3-5-14(6-4-12)15-10-17(22)16(18(23)11-15)7-13-8-19(24)21(26)20(25)9-13/h8-12,14H,2-7H2,1H3. The predicted octanol–water partition coefficient (Wildman–Crippen LogP) is 6.66. The van der Waals surface area contributed by atoms with Gasteiger partial charge in [-0.3, -0.25) is 0 Å². The van der Waals surface area contributed by atoms with Gasteiger partial charge in [-0.1, -0.05) is 13.3 Å². The molecular formula is C21H21F5. The normalized spacial score (nSPS) is 20.4. The van der Waals surface area contributed by atoms with Gasteiger partial charge in [0, 0.05) is 12.0 Å². The zero-order valence-electron chi connectivity index (χ0n) is 14.6. The summed E-state index contributed by atoms with van der Waals surface area (Å²) in [7, 11) is 0. The van der Waals surface area contributed by atoms with Crippen LogP contribution in [-0.4, -0.2) is 0 Å². The maximum atomic E-state index is 14.5. The van der Waals surface area contributed by atoms with Gasteiger partial charge in [-0.25, -0.2) is 22.0 Å². The van der Waals surface area contributed by atoms with E-state index in [2.05, 4.69) is 6.92 Å². The van der Waals surface area contributed by atoms with Crippen LogP contribution in [0.2, 0.25) is 0 Å². The third-order valence-corrected chi connectivity index (χ3v) is 5.48. The van der Waals surface area contributed by atoms with Gasteiger partial charge in [-0.2, -0.15) is 0 Å². The van der Waals surface area contributed by atoms with Gasteiger partial charge in [-0.05, 0) is 72.9 Å². The van der Waals surface area contributed by atoms with Crippen LogP contribution in [0.5, 0.6) is 0 Å². The molecule has 140 valence electrons. The summed E-state index contributed by atoms with van der Waals surface area (Å²) in [5.41, 5.74) is 0.353. The van der Waals surface area contributed by atoms with Gasteiger partial charge in [0.15, 0.2) is 17.5 Å². The first-order valence-corrected chi connectivity index (χ1v) is 9.00. The van der Waals surface area contributed by atoms with Gasteiger partial charge in [0.2, 0.25) is 0 Å². The lowest BCUT2D eigenvalue weighted by atomic mass is 9.77. The molecule has 1 saturated carbocycles. The second kappa shape index (κ2) is 7.77. The maximum absolute atomic E-state index is 14.5. The Balaban J connectivity index is 1.82. The van der Waals surface area contributed by atoms with Crippen LogP contribution in [0.4, 0.5) is 22.0 Å². The molecule has 3 rings (SSSR count). The summed E-state index contributed by atoms with van der Waals surface area (Å²) < 4.78 is 68.6. The summed E-state index contributed by atoms with van der Waals surface area (Å²) in [6.45, 7) is 2.15. The highest BCUT2D eigenvalue weighted by Crippen LogP contribution is 2.38. The van der Waals surface area contributed by atoms with E-state index in [0.29, 0.717) is 11.5 Å². The van der Waals surface area contributed by atoms with Crippen molar-refractivity contribution in [3.63, 3.8) is 0 Å². The van der Waals surface area contributed by atoms with Crippen molar-refractivity contribution >= 4 is 0 Å². The Morgan fingerprint density at radius 1 is 0.769 bits per heavy atom. The highest BCUT2D eigenvalue weighted by molar-refractivity contribution is 5.33. The number of halogens is 5. The van der Waals surface area contributed by atoms with E-state index < -0.39 is 29.1 Å². The molecule has 0 saturated heterocycles. The SMILES string of the molecule is CCC1CCC(c2cc(F)c(Cc3cc(F)c(F)c(F)c3)c(F)c2)CC1.